The zero-order valence-corrected chi connectivity index (χ0v) is 4.76. The summed E-state index contributed by atoms with van der Waals surface area (Å²) in [4.78, 5) is 4.02. The van der Waals surface area contributed by atoms with Crippen LogP contribution in [0.2, 0.25) is 0 Å². The largest absolute Gasteiger partial charge is 0.370 e. The van der Waals surface area contributed by atoms with E-state index in [1.807, 2.05) is 0 Å². The van der Waals surface area contributed by atoms with Crippen LogP contribution in [0.4, 0.5) is 5.69 Å². The van der Waals surface area contributed by atoms with Crippen molar-refractivity contribution < 1.29 is 0 Å². The van der Waals surface area contributed by atoms with Gasteiger partial charge in [-0.3, -0.25) is 5.10 Å². The molecule has 1 aliphatic heterocycles. The normalized spacial score (nSPS) is 14.7. The van der Waals surface area contributed by atoms with Gasteiger partial charge in [-0.15, -0.1) is 0 Å². The van der Waals surface area contributed by atoms with E-state index < -0.39 is 0 Å². The van der Waals surface area contributed by atoms with Gasteiger partial charge in [0, 0.05) is 0 Å². The Morgan fingerprint density at radius 1 is 1.56 bits per heavy atom. The van der Waals surface area contributed by atoms with Gasteiger partial charge < -0.3 is 5.32 Å². The molecule has 0 aliphatic carbocycles. The molecule has 1 aliphatic rings. The first-order chi connectivity index (χ1) is 4.47. The molecule has 2 N–H and O–H groups in total. The van der Waals surface area contributed by atoms with E-state index in [-0.39, 0.29) is 0 Å². The number of H-pyrrole nitrogens is 1. The van der Waals surface area contributed by atoms with Crippen molar-refractivity contribution in [1.29, 1.82) is 0 Å². The Morgan fingerprint density at radius 3 is 3.44 bits per heavy atom. The SMILES string of the molecule is C1=Nc2cn[nH]c2CN1. The summed E-state index contributed by atoms with van der Waals surface area (Å²) < 4.78 is 0. The minimum absolute atomic E-state index is 0.804. The highest BCUT2D eigenvalue weighted by molar-refractivity contribution is 5.64. The predicted molar refractivity (Wildman–Crippen MR) is 33.6 cm³/mol. The van der Waals surface area contributed by atoms with Crippen LogP contribution >= 0.6 is 0 Å². The van der Waals surface area contributed by atoms with Crippen LogP contribution in [0.15, 0.2) is 11.2 Å². The maximum absolute atomic E-state index is 4.02. The molecule has 9 heavy (non-hydrogen) atoms. The van der Waals surface area contributed by atoms with Crippen molar-refractivity contribution >= 4 is 12.0 Å². The second kappa shape index (κ2) is 1.58. The lowest BCUT2D eigenvalue weighted by Gasteiger charge is -2.03. The van der Waals surface area contributed by atoms with Crippen LogP contribution in [0.25, 0.3) is 0 Å². The summed E-state index contributed by atoms with van der Waals surface area (Å²) >= 11 is 0. The lowest BCUT2D eigenvalue weighted by Crippen LogP contribution is -2.13. The van der Waals surface area contributed by atoms with Gasteiger partial charge in [-0.05, 0) is 0 Å². The van der Waals surface area contributed by atoms with E-state index in [2.05, 4.69) is 20.5 Å². The molecule has 2 heterocycles. The van der Waals surface area contributed by atoms with E-state index in [4.69, 9.17) is 0 Å². The van der Waals surface area contributed by atoms with Gasteiger partial charge in [-0.2, -0.15) is 5.10 Å². The number of rotatable bonds is 0. The average molecular weight is 122 g/mol. The Balaban J connectivity index is 2.53. The first-order valence-corrected chi connectivity index (χ1v) is 2.75. The third-order valence-electron chi connectivity index (χ3n) is 1.27. The molecule has 0 radical (unpaired) electrons. The molecular weight excluding hydrogens is 116 g/mol. The van der Waals surface area contributed by atoms with Crippen LogP contribution in [0, 0.1) is 0 Å². The summed E-state index contributed by atoms with van der Waals surface area (Å²) in [7, 11) is 0. The zero-order valence-electron chi connectivity index (χ0n) is 4.76. The summed E-state index contributed by atoms with van der Waals surface area (Å²) in [6, 6.07) is 0. The fourth-order valence-electron chi connectivity index (χ4n) is 0.811. The molecule has 0 amide bonds. The standard InChI is InChI=1S/C5H6N4/c1-5-4(2-8-9-5)7-3-6-1/h2-3H,1H2,(H,6,7)(H,8,9). The number of nitrogens with zero attached hydrogens (tertiary/aromatic N) is 2. The second-order valence-electron chi connectivity index (χ2n) is 1.87. The Bertz CT molecular complexity index is 237. The first kappa shape index (κ1) is 4.55. The van der Waals surface area contributed by atoms with Crippen LogP contribution in [0.1, 0.15) is 5.69 Å². The molecule has 0 spiro atoms. The molecule has 0 unspecified atom stereocenters. The smallest absolute Gasteiger partial charge is 0.107 e. The summed E-state index contributed by atoms with van der Waals surface area (Å²) in [6.45, 7) is 0.804. The van der Waals surface area contributed by atoms with Gasteiger partial charge in [0.1, 0.15) is 5.69 Å². The molecule has 0 saturated heterocycles. The molecule has 0 saturated carbocycles. The summed E-state index contributed by atoms with van der Waals surface area (Å²) in [5.74, 6) is 0. The number of aromatic amines is 1. The van der Waals surface area contributed by atoms with Crippen molar-refractivity contribution in [3.8, 4) is 0 Å². The Morgan fingerprint density at radius 2 is 2.56 bits per heavy atom. The Kier molecular flexibility index (Phi) is 0.798. The van der Waals surface area contributed by atoms with Crippen molar-refractivity contribution in [2.45, 2.75) is 6.54 Å². The average Bonchev–Trinajstić information content (AvgIpc) is 2.33. The first-order valence-electron chi connectivity index (χ1n) is 2.75. The lowest BCUT2D eigenvalue weighted by molar-refractivity contribution is 0.858. The van der Waals surface area contributed by atoms with Gasteiger partial charge in [0.25, 0.3) is 0 Å². The topological polar surface area (TPSA) is 53.1 Å². The van der Waals surface area contributed by atoms with Crippen molar-refractivity contribution in [2.75, 3.05) is 0 Å². The van der Waals surface area contributed by atoms with Gasteiger partial charge >= 0.3 is 0 Å². The van der Waals surface area contributed by atoms with E-state index >= 15 is 0 Å². The van der Waals surface area contributed by atoms with Gasteiger partial charge in [0.2, 0.25) is 0 Å². The Hall–Kier alpha value is -1.32. The number of hydrogen-bond donors (Lipinski definition) is 2. The maximum Gasteiger partial charge on any atom is 0.107 e. The molecule has 0 fully saturated rings. The molecular formula is C5H6N4. The third kappa shape index (κ3) is 0.595. The minimum atomic E-state index is 0.804. The van der Waals surface area contributed by atoms with Crippen molar-refractivity contribution in [3.05, 3.63) is 11.9 Å². The van der Waals surface area contributed by atoms with Crippen molar-refractivity contribution in [3.63, 3.8) is 0 Å². The molecule has 4 nitrogen and oxygen atoms in total. The number of aliphatic imine (C=N–C) groups is 1. The van der Waals surface area contributed by atoms with E-state index in [0.717, 1.165) is 17.9 Å². The summed E-state index contributed by atoms with van der Waals surface area (Å²) in [5, 5.41) is 9.62. The van der Waals surface area contributed by atoms with Crippen LogP contribution in [0.5, 0.6) is 0 Å². The molecule has 4 heteroatoms. The van der Waals surface area contributed by atoms with E-state index in [9.17, 15) is 0 Å². The van der Waals surface area contributed by atoms with Gasteiger partial charge in [-0.1, -0.05) is 0 Å². The maximum atomic E-state index is 4.02. The van der Waals surface area contributed by atoms with Gasteiger partial charge in [0.05, 0.1) is 24.8 Å². The van der Waals surface area contributed by atoms with Crippen LogP contribution < -0.4 is 5.32 Å². The summed E-state index contributed by atoms with van der Waals surface area (Å²) in [5.41, 5.74) is 1.99. The molecule has 1 aromatic heterocycles. The highest BCUT2D eigenvalue weighted by Crippen LogP contribution is 2.15. The van der Waals surface area contributed by atoms with Crippen LogP contribution in [-0.4, -0.2) is 16.5 Å². The number of hydrogen-bond acceptors (Lipinski definition) is 3. The Labute approximate surface area is 52.0 Å². The van der Waals surface area contributed by atoms with Gasteiger partial charge in [-0.25, -0.2) is 4.99 Å². The number of fused-ring (bicyclic) bond motifs is 1. The molecule has 0 aromatic carbocycles. The highest BCUT2D eigenvalue weighted by atomic mass is 15.2. The number of aromatic nitrogens is 2. The van der Waals surface area contributed by atoms with E-state index in [1.165, 1.54) is 0 Å². The molecule has 2 rings (SSSR count). The molecule has 0 atom stereocenters. The lowest BCUT2D eigenvalue weighted by atomic mass is 10.3. The monoisotopic (exact) mass is 122 g/mol. The highest BCUT2D eigenvalue weighted by Gasteiger charge is 2.04. The van der Waals surface area contributed by atoms with Crippen molar-refractivity contribution in [2.24, 2.45) is 4.99 Å². The zero-order chi connectivity index (χ0) is 6.10. The predicted octanol–water partition coefficient (Wildman–Crippen LogP) is 0.173. The quantitative estimate of drug-likeness (QED) is 0.515. The van der Waals surface area contributed by atoms with Crippen LogP contribution in [0.3, 0.4) is 0 Å². The van der Waals surface area contributed by atoms with Crippen LogP contribution in [-0.2, 0) is 6.54 Å². The van der Waals surface area contributed by atoms with Gasteiger partial charge in [0.15, 0.2) is 0 Å². The fraction of sp³-hybridized carbons (Fsp3) is 0.200. The second-order valence-corrected chi connectivity index (χ2v) is 1.87. The minimum Gasteiger partial charge on any atom is -0.370 e. The molecule has 46 valence electrons. The third-order valence-corrected chi connectivity index (χ3v) is 1.27. The fourth-order valence-corrected chi connectivity index (χ4v) is 0.811. The van der Waals surface area contributed by atoms with Crippen molar-refractivity contribution in [1.82, 2.24) is 15.5 Å². The summed E-state index contributed by atoms with van der Waals surface area (Å²) in [6.07, 6.45) is 3.39. The van der Waals surface area contributed by atoms with E-state index in [1.54, 1.807) is 12.5 Å². The molecule has 0 bridgehead atoms. The van der Waals surface area contributed by atoms with E-state index in [0.29, 0.717) is 0 Å². The number of nitrogens with one attached hydrogen (secondary N) is 2. The molecule has 1 aromatic rings.